The van der Waals surface area contributed by atoms with Gasteiger partial charge in [0.2, 0.25) is 0 Å². The number of carbonyl (C=O) groups is 2. The molecular formula is C20H25N3O2. The maximum absolute atomic E-state index is 13.1. The van der Waals surface area contributed by atoms with Crippen molar-refractivity contribution < 1.29 is 9.59 Å². The Kier molecular flexibility index (Phi) is 3.10. The molecule has 0 spiro atoms. The third-order valence-electron chi connectivity index (χ3n) is 7.04. The lowest BCUT2D eigenvalue weighted by molar-refractivity contribution is -0.230. The molecule has 5 nitrogen and oxygen atoms in total. The molecule has 0 N–H and O–H groups in total. The number of hydrogen-bond donors (Lipinski definition) is 0. The van der Waals surface area contributed by atoms with Gasteiger partial charge in [-0.1, -0.05) is 0 Å². The molecule has 4 bridgehead atoms. The number of carbonyl (C=O) groups excluding carboxylic acids is 2. The number of amides is 2. The lowest BCUT2D eigenvalue weighted by Gasteiger charge is -2.64. The Morgan fingerprint density at radius 3 is 2.32 bits per heavy atom. The minimum atomic E-state index is -0.762. The number of rotatable bonds is 2. The van der Waals surface area contributed by atoms with Gasteiger partial charge >= 0.3 is 0 Å². The Balaban J connectivity index is 1.48. The topological polar surface area (TPSA) is 53.5 Å². The molecule has 0 unspecified atom stereocenters. The fraction of sp³-hybridized carbons (Fsp3) is 0.650. The van der Waals surface area contributed by atoms with Crippen molar-refractivity contribution in [3.8, 4) is 0 Å². The lowest BCUT2D eigenvalue weighted by Crippen LogP contribution is -2.80. The number of hydrazine groups is 1. The molecule has 2 heterocycles. The molecule has 4 saturated carbocycles. The number of pyridine rings is 1. The lowest BCUT2D eigenvalue weighted by atomic mass is 9.53. The average Bonchev–Trinajstić information content (AvgIpc) is 2.59. The summed E-state index contributed by atoms with van der Waals surface area (Å²) in [5.41, 5.74) is -0.210. The van der Waals surface area contributed by atoms with Crippen molar-refractivity contribution in [2.24, 2.45) is 23.7 Å². The van der Waals surface area contributed by atoms with Gasteiger partial charge < -0.3 is 0 Å². The molecule has 5 aliphatic rings. The highest BCUT2D eigenvalue weighted by molar-refractivity contribution is 6.04. The van der Waals surface area contributed by atoms with Gasteiger partial charge in [0.15, 0.2) is 0 Å². The van der Waals surface area contributed by atoms with Crippen LogP contribution in [0.3, 0.4) is 0 Å². The van der Waals surface area contributed by atoms with E-state index in [-0.39, 0.29) is 17.9 Å². The fourth-order valence-corrected chi connectivity index (χ4v) is 6.21. The highest BCUT2D eigenvalue weighted by Gasteiger charge is 2.62. The van der Waals surface area contributed by atoms with Gasteiger partial charge in [0.05, 0.1) is 11.6 Å². The minimum absolute atomic E-state index is 0.0993. The summed E-state index contributed by atoms with van der Waals surface area (Å²) in [6, 6.07) is 3.77. The molecule has 1 aromatic heterocycles. The van der Waals surface area contributed by atoms with E-state index >= 15 is 0 Å². The second-order valence-corrected chi connectivity index (χ2v) is 8.99. The van der Waals surface area contributed by atoms with Crippen LogP contribution in [0.4, 0.5) is 0 Å². The first-order valence-corrected chi connectivity index (χ1v) is 9.55. The molecule has 1 aliphatic heterocycles. The van der Waals surface area contributed by atoms with Crippen LogP contribution in [0, 0.1) is 23.7 Å². The first-order valence-electron chi connectivity index (χ1n) is 9.55. The first kappa shape index (κ1) is 15.4. The highest BCUT2D eigenvalue weighted by Crippen LogP contribution is 2.57. The second kappa shape index (κ2) is 5.05. The number of aromatic nitrogens is 1. The van der Waals surface area contributed by atoms with Crippen LogP contribution in [-0.4, -0.2) is 38.4 Å². The standard InChI is InChI=1S/C20H25N3O2/c1-20(2)19(25)22(23(20)18(24)14-4-3-5-21-11-14)17-15-7-12-6-13(9-15)10-16(17)8-12/h3-5,11-13,15-17H,6-10H2,1-2H3. The van der Waals surface area contributed by atoms with Gasteiger partial charge in [-0.05, 0) is 81.8 Å². The van der Waals surface area contributed by atoms with Crippen LogP contribution >= 0.6 is 0 Å². The quantitative estimate of drug-likeness (QED) is 0.832. The van der Waals surface area contributed by atoms with Crippen LogP contribution in [0.2, 0.25) is 0 Å². The van der Waals surface area contributed by atoms with Gasteiger partial charge in [0.1, 0.15) is 5.54 Å². The summed E-state index contributed by atoms with van der Waals surface area (Å²) in [6.07, 6.45) is 9.58. The first-order chi connectivity index (χ1) is 12.0. The average molecular weight is 339 g/mol. The summed E-state index contributed by atoms with van der Waals surface area (Å²) >= 11 is 0. The molecule has 4 aliphatic carbocycles. The van der Waals surface area contributed by atoms with E-state index < -0.39 is 5.54 Å². The number of hydrogen-bond acceptors (Lipinski definition) is 3. The van der Waals surface area contributed by atoms with Gasteiger partial charge in [-0.25, -0.2) is 10.0 Å². The molecule has 2 amide bonds. The zero-order valence-corrected chi connectivity index (χ0v) is 14.9. The summed E-state index contributed by atoms with van der Waals surface area (Å²) in [5.74, 6) is 2.84. The zero-order chi connectivity index (χ0) is 17.3. The molecule has 5 heteroatoms. The molecule has 1 aromatic rings. The van der Waals surface area contributed by atoms with Crippen molar-refractivity contribution >= 4 is 11.8 Å². The van der Waals surface area contributed by atoms with Crippen molar-refractivity contribution in [3.05, 3.63) is 30.1 Å². The molecule has 0 atom stereocenters. The van der Waals surface area contributed by atoms with Gasteiger partial charge in [0.25, 0.3) is 11.8 Å². The van der Waals surface area contributed by atoms with E-state index in [9.17, 15) is 9.59 Å². The van der Waals surface area contributed by atoms with E-state index in [0.29, 0.717) is 17.4 Å². The van der Waals surface area contributed by atoms with E-state index in [1.54, 1.807) is 29.5 Å². The Bertz CT molecular complexity index is 702. The van der Waals surface area contributed by atoms with Gasteiger partial charge in [-0.2, -0.15) is 0 Å². The monoisotopic (exact) mass is 339 g/mol. The van der Waals surface area contributed by atoms with E-state index in [1.807, 2.05) is 18.9 Å². The molecule has 5 fully saturated rings. The van der Waals surface area contributed by atoms with Crippen LogP contribution in [0.25, 0.3) is 0 Å². The fourth-order valence-electron chi connectivity index (χ4n) is 6.21. The maximum Gasteiger partial charge on any atom is 0.275 e. The van der Waals surface area contributed by atoms with Gasteiger partial charge in [-0.3, -0.25) is 14.6 Å². The largest absolute Gasteiger partial charge is 0.275 e. The van der Waals surface area contributed by atoms with Crippen LogP contribution in [0.1, 0.15) is 56.3 Å². The van der Waals surface area contributed by atoms with Crippen molar-refractivity contribution in [1.82, 2.24) is 15.0 Å². The Morgan fingerprint density at radius 2 is 1.76 bits per heavy atom. The maximum atomic E-state index is 13.1. The van der Waals surface area contributed by atoms with Crippen molar-refractivity contribution in [2.75, 3.05) is 0 Å². The highest BCUT2D eigenvalue weighted by atomic mass is 16.2. The molecule has 1 saturated heterocycles. The summed E-state index contributed by atoms with van der Waals surface area (Å²) in [7, 11) is 0. The summed E-state index contributed by atoms with van der Waals surface area (Å²) in [6.45, 7) is 3.71. The third-order valence-corrected chi connectivity index (χ3v) is 7.04. The van der Waals surface area contributed by atoms with Crippen molar-refractivity contribution in [2.45, 2.75) is 57.5 Å². The van der Waals surface area contributed by atoms with Crippen LogP contribution in [0.5, 0.6) is 0 Å². The van der Waals surface area contributed by atoms with Gasteiger partial charge in [0, 0.05) is 12.4 Å². The molecule has 25 heavy (non-hydrogen) atoms. The summed E-state index contributed by atoms with van der Waals surface area (Å²) in [4.78, 5) is 30.2. The molecule has 132 valence electrons. The van der Waals surface area contributed by atoms with Crippen molar-refractivity contribution in [1.29, 1.82) is 0 Å². The predicted molar refractivity (Wildman–Crippen MR) is 92.2 cm³/mol. The van der Waals surface area contributed by atoms with E-state index in [4.69, 9.17) is 0 Å². The zero-order valence-electron chi connectivity index (χ0n) is 14.9. The Hall–Kier alpha value is -1.91. The molecular weight excluding hydrogens is 314 g/mol. The predicted octanol–water partition coefficient (Wildman–Crippen LogP) is 2.88. The van der Waals surface area contributed by atoms with E-state index in [2.05, 4.69) is 4.98 Å². The van der Waals surface area contributed by atoms with Crippen molar-refractivity contribution in [3.63, 3.8) is 0 Å². The molecule has 0 radical (unpaired) electrons. The normalized spacial score (nSPS) is 38.0. The summed E-state index contributed by atoms with van der Waals surface area (Å²) < 4.78 is 0. The Morgan fingerprint density at radius 1 is 1.12 bits per heavy atom. The number of nitrogens with zero attached hydrogens (tertiary/aromatic N) is 3. The Labute approximate surface area is 148 Å². The van der Waals surface area contributed by atoms with Gasteiger partial charge in [-0.15, -0.1) is 0 Å². The van der Waals surface area contributed by atoms with E-state index in [0.717, 1.165) is 11.8 Å². The third kappa shape index (κ3) is 2.04. The molecule has 6 rings (SSSR count). The SMILES string of the molecule is CC1(C)C(=O)N(C2C3CC4CC(C3)CC2C4)N1C(=O)c1cccnc1. The van der Waals surface area contributed by atoms with E-state index in [1.165, 1.54) is 32.1 Å². The second-order valence-electron chi connectivity index (χ2n) is 8.99. The smallest absolute Gasteiger partial charge is 0.270 e. The summed E-state index contributed by atoms with van der Waals surface area (Å²) in [5, 5.41) is 3.56. The van der Waals surface area contributed by atoms with Crippen LogP contribution < -0.4 is 0 Å². The molecule has 0 aromatic carbocycles. The minimum Gasteiger partial charge on any atom is -0.270 e. The van der Waals surface area contributed by atoms with Crippen LogP contribution in [-0.2, 0) is 4.79 Å². The van der Waals surface area contributed by atoms with Crippen LogP contribution in [0.15, 0.2) is 24.5 Å².